The summed E-state index contributed by atoms with van der Waals surface area (Å²) in [6, 6.07) is 13.8. The molecule has 0 aliphatic rings. The van der Waals surface area contributed by atoms with E-state index in [-0.39, 0.29) is 12.4 Å². The number of halogens is 4. The molecule has 19 heavy (non-hydrogen) atoms. The molecule has 2 N–H and O–H groups in total. The molecular formula is C14H13ClF3N. The zero-order valence-electron chi connectivity index (χ0n) is 9.89. The van der Waals surface area contributed by atoms with E-state index in [0.29, 0.717) is 5.56 Å². The molecule has 0 saturated heterocycles. The fourth-order valence-corrected chi connectivity index (χ4v) is 1.73. The lowest BCUT2D eigenvalue weighted by Crippen LogP contribution is -2.12. The molecule has 0 aliphatic carbocycles. The lowest BCUT2D eigenvalue weighted by molar-refractivity contribution is -0.137. The first-order valence-corrected chi connectivity index (χ1v) is 5.46. The molecule has 2 aromatic carbocycles. The Bertz CT molecular complexity index is 508. The van der Waals surface area contributed by atoms with Crippen molar-refractivity contribution in [2.24, 2.45) is 5.73 Å². The van der Waals surface area contributed by atoms with Crippen LogP contribution in [0.3, 0.4) is 0 Å². The molecule has 2 aromatic rings. The minimum absolute atomic E-state index is 0. The Labute approximate surface area is 115 Å². The van der Waals surface area contributed by atoms with Crippen LogP contribution in [-0.2, 0) is 6.18 Å². The van der Waals surface area contributed by atoms with Crippen molar-refractivity contribution in [2.45, 2.75) is 12.2 Å². The van der Waals surface area contributed by atoms with Crippen molar-refractivity contribution in [2.75, 3.05) is 0 Å². The van der Waals surface area contributed by atoms with Gasteiger partial charge in [0.05, 0.1) is 11.6 Å². The second kappa shape index (κ2) is 6.08. The molecule has 5 heteroatoms. The number of nitrogens with two attached hydrogens (primary N) is 1. The SMILES string of the molecule is Cl.N[C@@H](c1ccccc1)c1ccc(C(F)(F)F)cc1. The fraction of sp³-hybridized carbons (Fsp3) is 0.143. The zero-order valence-corrected chi connectivity index (χ0v) is 10.7. The average molecular weight is 288 g/mol. The molecule has 0 fully saturated rings. The van der Waals surface area contributed by atoms with Crippen LogP contribution in [0.4, 0.5) is 13.2 Å². The Hall–Kier alpha value is -1.52. The van der Waals surface area contributed by atoms with Gasteiger partial charge in [0.25, 0.3) is 0 Å². The molecule has 0 heterocycles. The minimum Gasteiger partial charge on any atom is -0.320 e. The van der Waals surface area contributed by atoms with Crippen LogP contribution in [0, 0.1) is 0 Å². The maximum absolute atomic E-state index is 12.4. The molecule has 2 rings (SSSR count). The van der Waals surface area contributed by atoms with E-state index in [9.17, 15) is 13.2 Å². The third-order valence-electron chi connectivity index (χ3n) is 2.76. The van der Waals surface area contributed by atoms with Gasteiger partial charge in [0.1, 0.15) is 0 Å². The highest BCUT2D eigenvalue weighted by atomic mass is 35.5. The smallest absolute Gasteiger partial charge is 0.320 e. The number of hydrogen-bond donors (Lipinski definition) is 1. The molecular weight excluding hydrogens is 275 g/mol. The van der Waals surface area contributed by atoms with E-state index in [1.54, 1.807) is 0 Å². The van der Waals surface area contributed by atoms with Gasteiger partial charge >= 0.3 is 6.18 Å². The molecule has 0 amide bonds. The van der Waals surface area contributed by atoms with E-state index >= 15 is 0 Å². The van der Waals surface area contributed by atoms with E-state index in [4.69, 9.17) is 5.73 Å². The normalized spacial score (nSPS) is 12.6. The maximum Gasteiger partial charge on any atom is 0.416 e. The Morgan fingerprint density at radius 2 is 1.26 bits per heavy atom. The van der Waals surface area contributed by atoms with Crippen LogP contribution in [0.5, 0.6) is 0 Å². The molecule has 102 valence electrons. The molecule has 0 saturated carbocycles. The highest BCUT2D eigenvalue weighted by Gasteiger charge is 2.30. The van der Waals surface area contributed by atoms with Gasteiger partial charge < -0.3 is 5.73 Å². The third kappa shape index (κ3) is 3.72. The minimum atomic E-state index is -4.31. The van der Waals surface area contributed by atoms with Crippen molar-refractivity contribution in [3.63, 3.8) is 0 Å². The molecule has 0 aliphatic heterocycles. The van der Waals surface area contributed by atoms with Gasteiger partial charge in [-0.1, -0.05) is 42.5 Å². The summed E-state index contributed by atoms with van der Waals surface area (Å²) >= 11 is 0. The quantitative estimate of drug-likeness (QED) is 0.881. The Morgan fingerprint density at radius 1 is 0.789 bits per heavy atom. The van der Waals surface area contributed by atoms with E-state index in [1.807, 2.05) is 30.3 Å². The Morgan fingerprint density at radius 3 is 1.74 bits per heavy atom. The molecule has 1 atom stereocenters. The topological polar surface area (TPSA) is 26.0 Å². The van der Waals surface area contributed by atoms with E-state index in [1.165, 1.54) is 12.1 Å². The predicted molar refractivity (Wildman–Crippen MR) is 71.2 cm³/mol. The largest absolute Gasteiger partial charge is 0.416 e. The summed E-state index contributed by atoms with van der Waals surface area (Å²) in [6.07, 6.45) is -4.31. The van der Waals surface area contributed by atoms with Crippen LogP contribution in [-0.4, -0.2) is 0 Å². The van der Waals surface area contributed by atoms with Gasteiger partial charge in [-0.25, -0.2) is 0 Å². The summed E-state index contributed by atoms with van der Waals surface area (Å²) in [5.41, 5.74) is 6.87. The van der Waals surface area contributed by atoms with Crippen molar-refractivity contribution in [1.82, 2.24) is 0 Å². The van der Waals surface area contributed by atoms with Crippen LogP contribution >= 0.6 is 12.4 Å². The van der Waals surface area contributed by atoms with Crippen LogP contribution in [0.2, 0.25) is 0 Å². The highest BCUT2D eigenvalue weighted by molar-refractivity contribution is 5.85. The van der Waals surface area contributed by atoms with Gasteiger partial charge in [0, 0.05) is 0 Å². The molecule has 0 spiro atoms. The van der Waals surface area contributed by atoms with Gasteiger partial charge in [-0.15, -0.1) is 12.4 Å². The first kappa shape index (κ1) is 15.5. The van der Waals surface area contributed by atoms with Gasteiger partial charge in [0.2, 0.25) is 0 Å². The second-order valence-corrected chi connectivity index (χ2v) is 4.01. The van der Waals surface area contributed by atoms with E-state index < -0.39 is 17.8 Å². The molecule has 1 nitrogen and oxygen atoms in total. The van der Waals surface area contributed by atoms with Crippen molar-refractivity contribution in [3.8, 4) is 0 Å². The summed E-state index contributed by atoms with van der Waals surface area (Å²) in [5.74, 6) is 0. The lowest BCUT2D eigenvalue weighted by atomic mass is 9.98. The fourth-order valence-electron chi connectivity index (χ4n) is 1.73. The van der Waals surface area contributed by atoms with Gasteiger partial charge in [0.15, 0.2) is 0 Å². The van der Waals surface area contributed by atoms with Crippen LogP contribution in [0.1, 0.15) is 22.7 Å². The third-order valence-corrected chi connectivity index (χ3v) is 2.76. The van der Waals surface area contributed by atoms with Crippen LogP contribution in [0.15, 0.2) is 54.6 Å². The number of rotatable bonds is 2. The van der Waals surface area contributed by atoms with Crippen molar-refractivity contribution < 1.29 is 13.2 Å². The van der Waals surface area contributed by atoms with Gasteiger partial charge in [-0.2, -0.15) is 13.2 Å². The Kier molecular flexibility index (Phi) is 4.97. The van der Waals surface area contributed by atoms with Crippen LogP contribution in [0.25, 0.3) is 0 Å². The molecule has 0 radical (unpaired) electrons. The standard InChI is InChI=1S/C14H12F3N.ClH/c15-14(16,17)12-8-6-11(7-9-12)13(18)10-4-2-1-3-5-10;/h1-9,13H,18H2;1H/t13-;/m0./s1. The first-order chi connectivity index (χ1) is 8.48. The summed E-state index contributed by atoms with van der Waals surface area (Å²) in [7, 11) is 0. The molecule has 0 bridgehead atoms. The van der Waals surface area contributed by atoms with E-state index in [0.717, 1.165) is 17.7 Å². The van der Waals surface area contributed by atoms with E-state index in [2.05, 4.69) is 0 Å². The predicted octanol–water partition coefficient (Wildman–Crippen LogP) is 4.18. The number of benzene rings is 2. The first-order valence-electron chi connectivity index (χ1n) is 5.46. The highest BCUT2D eigenvalue weighted by Crippen LogP contribution is 2.30. The summed E-state index contributed by atoms with van der Waals surface area (Å²) in [6.45, 7) is 0. The molecule has 0 aromatic heterocycles. The van der Waals surface area contributed by atoms with Crippen LogP contribution < -0.4 is 5.73 Å². The number of alkyl halides is 3. The second-order valence-electron chi connectivity index (χ2n) is 4.01. The summed E-state index contributed by atoms with van der Waals surface area (Å²) in [4.78, 5) is 0. The lowest BCUT2D eigenvalue weighted by Gasteiger charge is -2.13. The monoisotopic (exact) mass is 287 g/mol. The number of hydrogen-bond acceptors (Lipinski definition) is 1. The maximum atomic E-state index is 12.4. The average Bonchev–Trinajstić information content (AvgIpc) is 2.38. The summed E-state index contributed by atoms with van der Waals surface area (Å²) in [5, 5.41) is 0. The Balaban J connectivity index is 0.00000180. The van der Waals surface area contributed by atoms with Gasteiger partial charge in [-0.3, -0.25) is 0 Å². The zero-order chi connectivity index (χ0) is 13.2. The van der Waals surface area contributed by atoms with Gasteiger partial charge in [-0.05, 0) is 23.3 Å². The van der Waals surface area contributed by atoms with Crippen molar-refractivity contribution in [1.29, 1.82) is 0 Å². The van der Waals surface area contributed by atoms with Crippen molar-refractivity contribution >= 4 is 12.4 Å². The summed E-state index contributed by atoms with van der Waals surface area (Å²) < 4.78 is 37.2. The molecule has 0 unspecified atom stereocenters. The van der Waals surface area contributed by atoms with Crippen molar-refractivity contribution in [3.05, 3.63) is 71.3 Å².